The lowest BCUT2D eigenvalue weighted by atomic mass is 10.2. The highest BCUT2D eigenvalue weighted by atomic mass is 32.1. The van der Waals surface area contributed by atoms with Gasteiger partial charge in [-0.1, -0.05) is 30.3 Å². The Morgan fingerprint density at radius 2 is 2.11 bits per heavy atom. The van der Waals surface area contributed by atoms with Gasteiger partial charge in [-0.05, 0) is 25.6 Å². The molecule has 4 aromatic heterocycles. The van der Waals surface area contributed by atoms with Crippen LogP contribution in [0.25, 0.3) is 39.0 Å². The third kappa shape index (κ3) is 2.46. The van der Waals surface area contributed by atoms with Crippen molar-refractivity contribution in [1.82, 2.24) is 14.0 Å². The van der Waals surface area contributed by atoms with E-state index in [1.54, 1.807) is 0 Å². The fraction of sp³-hybridized carbons (Fsp3) is 0.238. The van der Waals surface area contributed by atoms with Gasteiger partial charge in [0.1, 0.15) is 16.9 Å². The van der Waals surface area contributed by atoms with E-state index in [0.29, 0.717) is 30.8 Å². The Morgan fingerprint density at radius 1 is 1.29 bits per heavy atom. The van der Waals surface area contributed by atoms with Crippen LogP contribution in [0.15, 0.2) is 47.0 Å². The van der Waals surface area contributed by atoms with E-state index in [4.69, 9.17) is 21.4 Å². The first kappa shape index (κ1) is 17.1. The van der Waals surface area contributed by atoms with Crippen LogP contribution >= 0.6 is 12.2 Å². The minimum absolute atomic E-state index is 0.173. The number of rotatable bonds is 6. The van der Waals surface area contributed by atoms with Gasteiger partial charge in [-0.25, -0.2) is 0 Å². The lowest BCUT2D eigenvalue weighted by Crippen LogP contribution is -2.06. The molecule has 5 rings (SSSR count). The summed E-state index contributed by atoms with van der Waals surface area (Å²) in [6.45, 7) is 2.88. The fourth-order valence-corrected chi connectivity index (χ4v) is 4.22. The minimum atomic E-state index is -0.173. The quantitative estimate of drug-likeness (QED) is 0.320. The molecule has 0 atom stereocenters. The molecule has 0 amide bonds. The third-order valence-electron chi connectivity index (χ3n) is 5.07. The maximum absolute atomic E-state index is 11.6. The molecule has 28 heavy (non-hydrogen) atoms. The van der Waals surface area contributed by atoms with Crippen LogP contribution in [0.5, 0.6) is 0 Å². The number of hydrogen-bond acceptors (Lipinski definition) is 4. The maximum Gasteiger partial charge on any atom is 0.305 e. The van der Waals surface area contributed by atoms with Crippen molar-refractivity contribution in [1.29, 1.82) is 0 Å². The monoisotopic (exact) mass is 393 g/mol. The summed E-state index contributed by atoms with van der Waals surface area (Å²) in [6, 6.07) is 12.1. The molecule has 0 fully saturated rings. The number of hydrogen-bond donors (Lipinski definition) is 1. The summed E-state index contributed by atoms with van der Waals surface area (Å²) in [5, 5.41) is 1.02. The van der Waals surface area contributed by atoms with E-state index in [9.17, 15) is 4.79 Å². The van der Waals surface area contributed by atoms with Gasteiger partial charge in [-0.15, -0.1) is 0 Å². The zero-order valence-electron chi connectivity index (χ0n) is 15.4. The Morgan fingerprint density at radius 3 is 2.89 bits per heavy atom. The van der Waals surface area contributed by atoms with Gasteiger partial charge in [0, 0.05) is 30.8 Å². The largest absolute Gasteiger partial charge is 0.466 e. The van der Waals surface area contributed by atoms with Crippen LogP contribution in [0.2, 0.25) is 0 Å². The van der Waals surface area contributed by atoms with E-state index < -0.39 is 0 Å². The molecule has 1 aromatic carbocycles. The van der Waals surface area contributed by atoms with E-state index in [2.05, 4.69) is 9.38 Å². The highest BCUT2D eigenvalue weighted by Crippen LogP contribution is 2.38. The molecule has 0 bridgehead atoms. The van der Waals surface area contributed by atoms with Gasteiger partial charge in [-0.3, -0.25) is 9.20 Å². The Bertz CT molecular complexity index is 1340. The molecular formula is C21H19N3O3S. The number of aryl methyl sites for hydroxylation is 1. The number of carbonyl (C=O) groups excluding carboxylic acids is 1. The van der Waals surface area contributed by atoms with Gasteiger partial charge in [0.2, 0.25) is 0 Å². The molecule has 4 heterocycles. The SMILES string of the molecule is CCOC(=O)CCCn1c(=S)n2c3cc(-c4ccccc4)oc3c3c[nH]c1c32. The van der Waals surface area contributed by atoms with Crippen molar-refractivity contribution in [3.05, 3.63) is 47.4 Å². The number of benzene rings is 1. The Kier molecular flexibility index (Phi) is 3.98. The van der Waals surface area contributed by atoms with Crippen LogP contribution in [0.3, 0.4) is 0 Å². The number of aromatic nitrogens is 3. The molecule has 0 unspecified atom stereocenters. The predicted octanol–water partition coefficient (Wildman–Crippen LogP) is 5.15. The average Bonchev–Trinajstić information content (AvgIpc) is 3.41. The normalized spacial score (nSPS) is 11.9. The van der Waals surface area contributed by atoms with Crippen molar-refractivity contribution < 1.29 is 13.9 Å². The van der Waals surface area contributed by atoms with Gasteiger partial charge < -0.3 is 18.7 Å². The van der Waals surface area contributed by atoms with Crippen LogP contribution in [-0.4, -0.2) is 26.5 Å². The van der Waals surface area contributed by atoms with Crippen molar-refractivity contribution in [2.75, 3.05) is 6.61 Å². The summed E-state index contributed by atoms with van der Waals surface area (Å²) < 4.78 is 16.0. The molecule has 0 aliphatic heterocycles. The third-order valence-corrected chi connectivity index (χ3v) is 5.48. The molecule has 0 radical (unpaired) electrons. The minimum Gasteiger partial charge on any atom is -0.466 e. The molecule has 0 spiro atoms. The summed E-state index contributed by atoms with van der Waals surface area (Å²) in [6.07, 6.45) is 3.01. The molecule has 6 nitrogen and oxygen atoms in total. The maximum atomic E-state index is 11.6. The molecule has 0 aliphatic carbocycles. The summed E-state index contributed by atoms with van der Waals surface area (Å²) in [5.41, 5.74) is 4.83. The molecule has 0 aliphatic rings. The van der Waals surface area contributed by atoms with E-state index >= 15 is 0 Å². The molecular weight excluding hydrogens is 374 g/mol. The molecule has 0 saturated heterocycles. The zero-order valence-corrected chi connectivity index (χ0v) is 16.2. The lowest BCUT2D eigenvalue weighted by molar-refractivity contribution is -0.143. The predicted molar refractivity (Wildman–Crippen MR) is 110 cm³/mol. The van der Waals surface area contributed by atoms with E-state index in [1.807, 2.05) is 54.1 Å². The average molecular weight is 393 g/mol. The van der Waals surface area contributed by atoms with Crippen molar-refractivity contribution >= 4 is 45.8 Å². The second-order valence-electron chi connectivity index (χ2n) is 6.77. The van der Waals surface area contributed by atoms with Crippen molar-refractivity contribution in [3.8, 4) is 11.3 Å². The molecule has 1 N–H and O–H groups in total. The first-order chi connectivity index (χ1) is 13.7. The van der Waals surface area contributed by atoms with E-state index in [-0.39, 0.29) is 5.97 Å². The number of esters is 1. The molecule has 0 saturated carbocycles. The summed E-state index contributed by atoms with van der Waals surface area (Å²) >= 11 is 5.76. The second-order valence-corrected chi connectivity index (χ2v) is 7.13. The van der Waals surface area contributed by atoms with Crippen molar-refractivity contribution in [3.63, 3.8) is 0 Å². The summed E-state index contributed by atoms with van der Waals surface area (Å²) in [7, 11) is 0. The van der Waals surface area contributed by atoms with Crippen LogP contribution < -0.4 is 0 Å². The number of imidazole rings is 1. The van der Waals surface area contributed by atoms with E-state index in [1.165, 1.54) is 0 Å². The van der Waals surface area contributed by atoms with Gasteiger partial charge in [0.15, 0.2) is 10.4 Å². The van der Waals surface area contributed by atoms with E-state index in [0.717, 1.165) is 39.0 Å². The van der Waals surface area contributed by atoms with Crippen LogP contribution in [0.4, 0.5) is 0 Å². The zero-order chi connectivity index (χ0) is 19.3. The fourth-order valence-electron chi connectivity index (χ4n) is 3.85. The van der Waals surface area contributed by atoms with Crippen molar-refractivity contribution in [2.45, 2.75) is 26.3 Å². The van der Waals surface area contributed by atoms with Crippen LogP contribution in [-0.2, 0) is 16.1 Å². The number of nitrogens with zero attached hydrogens (tertiary/aromatic N) is 2. The highest BCUT2D eigenvalue weighted by Gasteiger charge is 2.22. The van der Waals surface area contributed by atoms with Gasteiger partial charge in [0.25, 0.3) is 0 Å². The van der Waals surface area contributed by atoms with Crippen LogP contribution in [0.1, 0.15) is 19.8 Å². The lowest BCUT2D eigenvalue weighted by Gasteiger charge is -2.03. The summed E-state index contributed by atoms with van der Waals surface area (Å²) in [4.78, 5) is 14.9. The van der Waals surface area contributed by atoms with Gasteiger partial charge >= 0.3 is 5.97 Å². The second kappa shape index (κ2) is 6.53. The Balaban J connectivity index is 1.57. The topological polar surface area (TPSA) is 64.6 Å². The smallest absolute Gasteiger partial charge is 0.305 e. The standard InChI is InChI=1S/C21H19N3O3S/c1-2-26-17(25)9-6-10-23-20-18-14(12-22-20)19-15(24(18)21(23)28)11-16(27-19)13-7-4-3-5-8-13/h3-5,7-8,11-12,22H,2,6,9-10H2,1H3. The molecule has 7 heteroatoms. The number of furan rings is 1. The number of fused-ring (bicyclic) bond motifs is 3. The molecule has 142 valence electrons. The van der Waals surface area contributed by atoms with Gasteiger partial charge in [0.05, 0.1) is 17.5 Å². The molecule has 5 aromatic rings. The first-order valence-corrected chi connectivity index (χ1v) is 9.78. The Labute approximate surface area is 165 Å². The number of ether oxygens (including phenoxy) is 1. The number of H-pyrrole nitrogens is 1. The van der Waals surface area contributed by atoms with Crippen molar-refractivity contribution in [2.24, 2.45) is 0 Å². The van der Waals surface area contributed by atoms with Crippen LogP contribution in [0, 0.1) is 4.77 Å². The summed E-state index contributed by atoms with van der Waals surface area (Å²) in [5.74, 6) is 0.649. The number of carbonyl (C=O) groups is 1. The van der Waals surface area contributed by atoms with Gasteiger partial charge in [-0.2, -0.15) is 0 Å². The highest BCUT2D eigenvalue weighted by molar-refractivity contribution is 7.71. The first-order valence-electron chi connectivity index (χ1n) is 9.37. The number of nitrogens with one attached hydrogen (secondary N) is 1. The number of aromatic amines is 1. The Hall–Kier alpha value is -3.06.